The third kappa shape index (κ3) is 3.30. The highest BCUT2D eigenvalue weighted by molar-refractivity contribution is 7.91. The van der Waals surface area contributed by atoms with E-state index >= 15 is 0 Å². The van der Waals surface area contributed by atoms with Gasteiger partial charge in [-0.3, -0.25) is 5.32 Å². The Labute approximate surface area is 119 Å². The van der Waals surface area contributed by atoms with Crippen LogP contribution in [0.3, 0.4) is 0 Å². The zero-order valence-electron chi connectivity index (χ0n) is 11.9. The van der Waals surface area contributed by atoms with E-state index in [0.717, 1.165) is 5.56 Å². The van der Waals surface area contributed by atoms with Gasteiger partial charge < -0.3 is 4.74 Å². The lowest BCUT2D eigenvalue weighted by Gasteiger charge is -2.40. The van der Waals surface area contributed by atoms with Crippen molar-refractivity contribution < 1.29 is 17.5 Å². The zero-order chi connectivity index (χ0) is 15.0. The molecule has 1 N–H and O–H groups in total. The summed E-state index contributed by atoms with van der Waals surface area (Å²) in [5.41, 5.74) is 0.212. The average Bonchev–Trinajstić information content (AvgIpc) is 2.36. The van der Waals surface area contributed by atoms with Crippen LogP contribution in [0.4, 0.5) is 4.39 Å². The molecule has 1 unspecified atom stereocenters. The summed E-state index contributed by atoms with van der Waals surface area (Å²) in [4.78, 5) is 0. The van der Waals surface area contributed by atoms with Crippen LogP contribution in [-0.2, 0) is 16.3 Å². The minimum atomic E-state index is -3.10. The van der Waals surface area contributed by atoms with E-state index in [0.29, 0.717) is 12.2 Å². The first-order chi connectivity index (χ1) is 9.23. The van der Waals surface area contributed by atoms with Crippen molar-refractivity contribution in [3.63, 3.8) is 0 Å². The maximum absolute atomic E-state index is 13.3. The van der Waals surface area contributed by atoms with Gasteiger partial charge >= 0.3 is 0 Å². The van der Waals surface area contributed by atoms with Gasteiger partial charge in [-0.25, -0.2) is 12.8 Å². The molecule has 0 bridgehead atoms. The molecule has 1 heterocycles. The highest BCUT2D eigenvalue weighted by Crippen LogP contribution is 2.33. The van der Waals surface area contributed by atoms with E-state index in [2.05, 4.69) is 5.32 Å². The number of hydrogen-bond donors (Lipinski definition) is 1. The first-order valence-corrected chi connectivity index (χ1v) is 8.47. The lowest BCUT2D eigenvalue weighted by atomic mass is 9.89. The number of benzene rings is 1. The number of hydrogen-bond acceptors (Lipinski definition) is 4. The quantitative estimate of drug-likeness (QED) is 0.923. The Bertz CT molecular complexity index is 598. The summed E-state index contributed by atoms with van der Waals surface area (Å²) in [6.07, 6.45) is 0.541. The van der Waals surface area contributed by atoms with E-state index in [-0.39, 0.29) is 23.5 Å². The zero-order valence-corrected chi connectivity index (χ0v) is 12.8. The maximum Gasteiger partial charge on any atom is 0.162 e. The van der Waals surface area contributed by atoms with Gasteiger partial charge in [0.1, 0.15) is 17.2 Å². The van der Waals surface area contributed by atoms with Gasteiger partial charge in [0.25, 0.3) is 0 Å². The summed E-state index contributed by atoms with van der Waals surface area (Å²) in [6.45, 7) is 5.41. The molecule has 0 aromatic heterocycles. The summed E-state index contributed by atoms with van der Waals surface area (Å²) in [7, 11) is -3.10. The molecule has 112 valence electrons. The van der Waals surface area contributed by atoms with Crippen LogP contribution in [0.5, 0.6) is 5.75 Å². The van der Waals surface area contributed by atoms with Crippen molar-refractivity contribution in [3.05, 3.63) is 29.6 Å². The van der Waals surface area contributed by atoms with Crippen LogP contribution in [0, 0.1) is 5.82 Å². The molecule has 0 fully saturated rings. The van der Waals surface area contributed by atoms with Gasteiger partial charge in [-0.15, -0.1) is 0 Å². The van der Waals surface area contributed by atoms with Gasteiger partial charge in [-0.1, -0.05) is 6.92 Å². The van der Waals surface area contributed by atoms with E-state index in [1.807, 2.05) is 13.8 Å². The van der Waals surface area contributed by atoms with Crippen LogP contribution in [0.1, 0.15) is 26.3 Å². The fourth-order valence-corrected chi connectivity index (χ4v) is 2.93. The molecule has 1 aromatic carbocycles. The molecule has 0 spiro atoms. The fourth-order valence-electron chi connectivity index (χ4n) is 2.27. The minimum Gasteiger partial charge on any atom is -0.486 e. The van der Waals surface area contributed by atoms with E-state index < -0.39 is 15.4 Å². The number of rotatable bonds is 4. The summed E-state index contributed by atoms with van der Waals surface area (Å²) in [6, 6.07) is 4.24. The van der Waals surface area contributed by atoms with Gasteiger partial charge in [0.2, 0.25) is 0 Å². The number of halogens is 1. The highest BCUT2D eigenvalue weighted by atomic mass is 32.2. The van der Waals surface area contributed by atoms with E-state index in [1.54, 1.807) is 13.0 Å². The Morgan fingerprint density at radius 2 is 2.15 bits per heavy atom. The maximum atomic E-state index is 13.3. The second-order valence-corrected chi connectivity index (χ2v) is 7.95. The predicted octanol–water partition coefficient (Wildman–Crippen LogP) is 1.89. The van der Waals surface area contributed by atoms with Crippen LogP contribution in [0.15, 0.2) is 18.2 Å². The molecule has 0 saturated heterocycles. The van der Waals surface area contributed by atoms with Crippen molar-refractivity contribution in [1.29, 1.82) is 0 Å². The van der Waals surface area contributed by atoms with Crippen LogP contribution in [0.2, 0.25) is 0 Å². The van der Waals surface area contributed by atoms with Crippen molar-refractivity contribution in [3.8, 4) is 5.75 Å². The lowest BCUT2D eigenvalue weighted by Crippen LogP contribution is -2.55. The van der Waals surface area contributed by atoms with E-state index in [4.69, 9.17) is 4.74 Å². The van der Waals surface area contributed by atoms with Crippen molar-refractivity contribution in [2.45, 2.75) is 38.8 Å². The number of sulfone groups is 1. The van der Waals surface area contributed by atoms with E-state index in [1.165, 1.54) is 12.1 Å². The Hall–Kier alpha value is -1.14. The topological polar surface area (TPSA) is 55.4 Å². The third-order valence-electron chi connectivity index (χ3n) is 3.65. The molecule has 0 aliphatic carbocycles. The Balaban J connectivity index is 2.18. The van der Waals surface area contributed by atoms with Crippen LogP contribution in [0.25, 0.3) is 0 Å². The highest BCUT2D eigenvalue weighted by Gasteiger charge is 2.37. The second kappa shape index (κ2) is 5.33. The minimum absolute atomic E-state index is 0.0917. The number of nitrogens with one attached hydrogen (secondary N) is 1. The largest absolute Gasteiger partial charge is 0.486 e. The van der Waals surface area contributed by atoms with Crippen molar-refractivity contribution in [2.24, 2.45) is 0 Å². The molecule has 1 aliphatic rings. The van der Waals surface area contributed by atoms with Gasteiger partial charge in [0, 0.05) is 5.75 Å². The smallest absolute Gasteiger partial charge is 0.162 e. The Kier molecular flexibility index (Phi) is 4.07. The molecule has 20 heavy (non-hydrogen) atoms. The molecular formula is C14H20FNO3S. The van der Waals surface area contributed by atoms with Crippen LogP contribution < -0.4 is 10.1 Å². The predicted molar refractivity (Wildman–Crippen MR) is 76.1 cm³/mol. The molecule has 1 aromatic rings. The second-order valence-electron chi connectivity index (χ2n) is 5.59. The van der Waals surface area contributed by atoms with Gasteiger partial charge in [0.05, 0.1) is 11.9 Å². The molecular weight excluding hydrogens is 281 g/mol. The normalized spacial score (nSPS) is 21.1. The van der Waals surface area contributed by atoms with Crippen molar-refractivity contribution in [2.75, 3.05) is 11.6 Å². The first kappa shape index (κ1) is 15.3. The van der Waals surface area contributed by atoms with Crippen LogP contribution in [-0.4, -0.2) is 31.7 Å². The van der Waals surface area contributed by atoms with Crippen molar-refractivity contribution in [1.82, 2.24) is 5.32 Å². The van der Waals surface area contributed by atoms with E-state index in [9.17, 15) is 12.8 Å². The molecule has 1 aliphatic heterocycles. The van der Waals surface area contributed by atoms with Crippen molar-refractivity contribution >= 4 is 9.84 Å². The molecule has 0 radical (unpaired) electrons. The molecule has 0 amide bonds. The number of ether oxygens (including phenoxy) is 1. The molecule has 4 nitrogen and oxygen atoms in total. The Morgan fingerprint density at radius 3 is 2.80 bits per heavy atom. The van der Waals surface area contributed by atoms with Gasteiger partial charge in [-0.05, 0) is 44.0 Å². The molecule has 6 heteroatoms. The molecule has 2 rings (SSSR count). The fraction of sp³-hybridized carbons (Fsp3) is 0.571. The Morgan fingerprint density at radius 1 is 1.45 bits per heavy atom. The van der Waals surface area contributed by atoms with Gasteiger partial charge in [0.15, 0.2) is 9.84 Å². The monoisotopic (exact) mass is 301 g/mol. The van der Waals surface area contributed by atoms with Crippen LogP contribution >= 0.6 is 0 Å². The summed E-state index contributed by atoms with van der Waals surface area (Å²) < 4.78 is 42.3. The summed E-state index contributed by atoms with van der Waals surface area (Å²) in [5, 5.41) is 3.03. The average molecular weight is 301 g/mol. The first-order valence-electron chi connectivity index (χ1n) is 6.65. The number of fused-ring (bicyclic) bond motifs is 1. The summed E-state index contributed by atoms with van der Waals surface area (Å²) in [5.74, 6) is 0.352. The standard InChI is InChI=1S/C14H20FNO3S/c1-4-20(17,18)9-16-13-8-10-7-11(15)5-6-12(10)19-14(13,2)3/h5-7,13,16H,4,8-9H2,1-3H3. The third-order valence-corrected chi connectivity index (χ3v) is 5.13. The van der Waals surface area contributed by atoms with Gasteiger partial charge in [-0.2, -0.15) is 0 Å². The molecule has 1 atom stereocenters. The SMILES string of the molecule is CCS(=O)(=O)CNC1Cc2cc(F)ccc2OC1(C)C. The summed E-state index contributed by atoms with van der Waals surface area (Å²) >= 11 is 0. The molecule has 0 saturated carbocycles. The lowest BCUT2D eigenvalue weighted by molar-refractivity contribution is 0.0505.